The summed E-state index contributed by atoms with van der Waals surface area (Å²) in [5.41, 5.74) is 5.88. The molecule has 1 nitrogen and oxygen atoms in total. The number of aryl methyl sites for hydroxylation is 2. The van der Waals surface area contributed by atoms with Gasteiger partial charge in [0, 0.05) is 6.04 Å². The SMILES string of the molecule is CNC(Cc1ccc2c(c1)CCC2)c1cc(Br)sc1Br. The van der Waals surface area contributed by atoms with E-state index in [1.54, 1.807) is 22.5 Å². The van der Waals surface area contributed by atoms with Crippen molar-refractivity contribution in [2.75, 3.05) is 7.05 Å². The van der Waals surface area contributed by atoms with Gasteiger partial charge in [0.15, 0.2) is 0 Å². The first kappa shape index (κ1) is 14.8. The fourth-order valence-corrected chi connectivity index (χ4v) is 5.92. The lowest BCUT2D eigenvalue weighted by molar-refractivity contribution is 0.591. The molecule has 0 saturated heterocycles. The number of thiophene rings is 1. The Morgan fingerprint density at radius 1 is 1.20 bits per heavy atom. The molecular formula is C16H17Br2NS. The second kappa shape index (κ2) is 6.30. The molecule has 106 valence electrons. The van der Waals surface area contributed by atoms with Crippen LogP contribution in [0.4, 0.5) is 0 Å². The van der Waals surface area contributed by atoms with Crippen molar-refractivity contribution in [1.82, 2.24) is 5.32 Å². The molecule has 0 amide bonds. The van der Waals surface area contributed by atoms with E-state index < -0.39 is 0 Å². The molecule has 1 aromatic carbocycles. The van der Waals surface area contributed by atoms with E-state index in [-0.39, 0.29) is 0 Å². The lowest BCUT2D eigenvalue weighted by Gasteiger charge is -2.16. The van der Waals surface area contributed by atoms with Crippen LogP contribution in [-0.4, -0.2) is 7.05 Å². The van der Waals surface area contributed by atoms with Gasteiger partial charge in [0.2, 0.25) is 0 Å². The highest BCUT2D eigenvalue weighted by molar-refractivity contribution is 9.12. The Hall–Kier alpha value is -0.160. The number of rotatable bonds is 4. The maximum Gasteiger partial charge on any atom is 0.0758 e. The lowest BCUT2D eigenvalue weighted by Crippen LogP contribution is -2.18. The van der Waals surface area contributed by atoms with Crippen LogP contribution in [-0.2, 0) is 19.3 Å². The fourth-order valence-electron chi connectivity index (χ4n) is 2.95. The van der Waals surface area contributed by atoms with Gasteiger partial charge in [-0.2, -0.15) is 0 Å². The molecule has 4 heteroatoms. The van der Waals surface area contributed by atoms with Crippen LogP contribution in [0.15, 0.2) is 31.8 Å². The Morgan fingerprint density at radius 2 is 2.00 bits per heavy atom. The Labute approximate surface area is 141 Å². The van der Waals surface area contributed by atoms with Gasteiger partial charge in [0.1, 0.15) is 0 Å². The molecule has 1 heterocycles. The van der Waals surface area contributed by atoms with Crippen molar-refractivity contribution in [3.05, 3.63) is 54.1 Å². The Kier molecular flexibility index (Phi) is 4.65. The molecule has 1 N–H and O–H groups in total. The summed E-state index contributed by atoms with van der Waals surface area (Å²) in [5.74, 6) is 0. The van der Waals surface area contributed by atoms with Crippen LogP contribution in [0, 0.1) is 0 Å². The molecule has 1 aliphatic rings. The van der Waals surface area contributed by atoms with Gasteiger partial charge in [0.25, 0.3) is 0 Å². The van der Waals surface area contributed by atoms with Crippen molar-refractivity contribution in [3.8, 4) is 0 Å². The number of halogens is 2. The van der Waals surface area contributed by atoms with Crippen molar-refractivity contribution < 1.29 is 0 Å². The van der Waals surface area contributed by atoms with Crippen molar-refractivity contribution in [1.29, 1.82) is 0 Å². The summed E-state index contributed by atoms with van der Waals surface area (Å²) in [6, 6.07) is 9.59. The molecule has 0 aliphatic heterocycles. The standard InChI is InChI=1S/C16H17Br2NS/c1-19-14(13-9-15(17)20-16(13)18)8-10-5-6-11-3-2-4-12(11)7-10/h5-7,9,14,19H,2-4,8H2,1H3. The quantitative estimate of drug-likeness (QED) is 0.718. The summed E-state index contributed by atoms with van der Waals surface area (Å²) < 4.78 is 2.39. The molecule has 1 atom stereocenters. The van der Waals surface area contributed by atoms with Crippen LogP contribution >= 0.6 is 43.2 Å². The number of hydrogen-bond donors (Lipinski definition) is 1. The first-order valence-electron chi connectivity index (χ1n) is 6.90. The van der Waals surface area contributed by atoms with E-state index in [1.165, 1.54) is 38.0 Å². The summed E-state index contributed by atoms with van der Waals surface area (Å²) in [4.78, 5) is 0. The monoisotopic (exact) mass is 413 g/mol. The molecular weight excluding hydrogens is 398 g/mol. The van der Waals surface area contributed by atoms with Gasteiger partial charge in [-0.05, 0) is 92.9 Å². The van der Waals surface area contributed by atoms with Gasteiger partial charge in [-0.3, -0.25) is 0 Å². The van der Waals surface area contributed by atoms with Gasteiger partial charge in [-0.25, -0.2) is 0 Å². The minimum absolute atomic E-state index is 0.353. The zero-order valence-corrected chi connectivity index (χ0v) is 15.4. The maximum absolute atomic E-state index is 3.67. The highest BCUT2D eigenvalue weighted by Gasteiger charge is 2.17. The molecule has 3 rings (SSSR count). The van der Waals surface area contributed by atoms with Gasteiger partial charge in [0.05, 0.1) is 7.57 Å². The maximum atomic E-state index is 3.67. The van der Waals surface area contributed by atoms with E-state index in [1.807, 2.05) is 7.05 Å². The summed E-state index contributed by atoms with van der Waals surface area (Å²) in [5, 5.41) is 3.44. The van der Waals surface area contributed by atoms with Crippen LogP contribution < -0.4 is 5.32 Å². The van der Waals surface area contributed by atoms with Crippen molar-refractivity contribution in [3.63, 3.8) is 0 Å². The molecule has 0 saturated carbocycles. The lowest BCUT2D eigenvalue weighted by atomic mass is 9.98. The predicted octanol–water partition coefficient (Wildman–Crippen LogP) is 5.27. The highest BCUT2D eigenvalue weighted by Crippen LogP contribution is 2.36. The Morgan fingerprint density at radius 3 is 2.70 bits per heavy atom. The third-order valence-electron chi connectivity index (χ3n) is 4.01. The first-order chi connectivity index (χ1) is 9.67. The Balaban J connectivity index is 1.83. The van der Waals surface area contributed by atoms with E-state index >= 15 is 0 Å². The van der Waals surface area contributed by atoms with Gasteiger partial charge in [-0.15, -0.1) is 11.3 Å². The smallest absolute Gasteiger partial charge is 0.0758 e. The van der Waals surface area contributed by atoms with E-state index in [9.17, 15) is 0 Å². The predicted molar refractivity (Wildman–Crippen MR) is 93.7 cm³/mol. The number of benzene rings is 1. The average molecular weight is 415 g/mol. The summed E-state index contributed by atoms with van der Waals surface area (Å²) in [6.45, 7) is 0. The molecule has 0 spiro atoms. The third-order valence-corrected chi connectivity index (χ3v) is 6.40. The molecule has 0 fully saturated rings. The Bertz CT molecular complexity index is 621. The second-order valence-corrected chi connectivity index (χ2v) is 9.03. The van der Waals surface area contributed by atoms with Crippen LogP contribution in [0.3, 0.4) is 0 Å². The van der Waals surface area contributed by atoms with Gasteiger partial charge < -0.3 is 5.32 Å². The van der Waals surface area contributed by atoms with Crippen LogP contribution in [0.25, 0.3) is 0 Å². The van der Waals surface area contributed by atoms with Crippen molar-refractivity contribution in [2.24, 2.45) is 0 Å². The van der Waals surface area contributed by atoms with Crippen LogP contribution in [0.2, 0.25) is 0 Å². The molecule has 20 heavy (non-hydrogen) atoms. The van der Waals surface area contributed by atoms with Crippen molar-refractivity contribution in [2.45, 2.75) is 31.7 Å². The highest BCUT2D eigenvalue weighted by atomic mass is 79.9. The zero-order chi connectivity index (χ0) is 14.1. The largest absolute Gasteiger partial charge is 0.313 e. The summed E-state index contributed by atoms with van der Waals surface area (Å²) >= 11 is 8.97. The number of likely N-dealkylation sites (N-methyl/N-ethyl adjacent to an activating group) is 1. The molecule has 1 aromatic heterocycles. The van der Waals surface area contributed by atoms with E-state index in [2.05, 4.69) is 61.4 Å². The molecule has 2 aromatic rings. The normalized spacial score (nSPS) is 15.3. The fraction of sp³-hybridized carbons (Fsp3) is 0.375. The number of fused-ring (bicyclic) bond motifs is 1. The number of hydrogen-bond acceptors (Lipinski definition) is 2. The minimum Gasteiger partial charge on any atom is -0.313 e. The summed E-state index contributed by atoms with van der Waals surface area (Å²) in [6.07, 6.45) is 4.86. The average Bonchev–Trinajstić information content (AvgIpc) is 3.01. The molecule has 0 radical (unpaired) electrons. The first-order valence-corrected chi connectivity index (χ1v) is 9.30. The van der Waals surface area contributed by atoms with Crippen LogP contribution in [0.1, 0.15) is 34.7 Å². The van der Waals surface area contributed by atoms with Gasteiger partial charge in [-0.1, -0.05) is 18.2 Å². The van der Waals surface area contributed by atoms with E-state index in [4.69, 9.17) is 0 Å². The summed E-state index contributed by atoms with van der Waals surface area (Å²) in [7, 11) is 2.04. The molecule has 1 aliphatic carbocycles. The zero-order valence-electron chi connectivity index (χ0n) is 11.4. The number of nitrogens with one attached hydrogen (secondary N) is 1. The van der Waals surface area contributed by atoms with E-state index in [0.29, 0.717) is 6.04 Å². The van der Waals surface area contributed by atoms with Crippen LogP contribution in [0.5, 0.6) is 0 Å². The minimum atomic E-state index is 0.353. The van der Waals surface area contributed by atoms with Gasteiger partial charge >= 0.3 is 0 Å². The third kappa shape index (κ3) is 3.03. The van der Waals surface area contributed by atoms with Crippen molar-refractivity contribution >= 4 is 43.2 Å². The van der Waals surface area contributed by atoms with E-state index in [0.717, 1.165) is 6.42 Å². The second-order valence-electron chi connectivity index (χ2n) is 5.28. The molecule has 0 bridgehead atoms. The topological polar surface area (TPSA) is 12.0 Å². The molecule has 1 unspecified atom stereocenters.